The number of hydrogen-bond donors (Lipinski definition) is 1. The van der Waals surface area contributed by atoms with Crippen LogP contribution in [-0.2, 0) is 4.79 Å². The van der Waals surface area contributed by atoms with Crippen LogP contribution in [0, 0.1) is 0 Å². The van der Waals surface area contributed by atoms with Gasteiger partial charge in [-0.25, -0.2) is 4.98 Å². The number of nitrogens with zero attached hydrogens (tertiary/aromatic N) is 4. The highest BCUT2D eigenvalue weighted by Gasteiger charge is 2.35. The number of H-pyrrole nitrogens is 1. The van der Waals surface area contributed by atoms with Crippen molar-refractivity contribution in [1.29, 1.82) is 0 Å². The third kappa shape index (κ3) is 3.55. The van der Waals surface area contributed by atoms with Gasteiger partial charge >= 0.3 is 0 Å². The minimum absolute atomic E-state index is 0.0336. The number of rotatable bonds is 5. The van der Waals surface area contributed by atoms with Crippen molar-refractivity contribution in [3.05, 3.63) is 36.2 Å². The third-order valence-corrected chi connectivity index (χ3v) is 4.63. The van der Waals surface area contributed by atoms with E-state index >= 15 is 0 Å². The molecule has 1 aromatic heterocycles. The Hall–Kier alpha value is -2.70. The molecule has 1 N–H and O–H groups in total. The number of aromatic amines is 1. The maximum Gasteiger partial charge on any atom is 0.254 e. The average molecular weight is 341 g/mol. The van der Waals surface area contributed by atoms with Crippen molar-refractivity contribution >= 4 is 11.8 Å². The Morgan fingerprint density at radius 1 is 1.28 bits per heavy atom. The predicted molar refractivity (Wildman–Crippen MR) is 93.8 cm³/mol. The zero-order valence-corrected chi connectivity index (χ0v) is 14.6. The van der Waals surface area contributed by atoms with E-state index in [2.05, 4.69) is 22.1 Å². The Labute approximate surface area is 147 Å². The average Bonchev–Trinajstić information content (AvgIpc) is 3.17. The quantitative estimate of drug-likeness (QED) is 0.901. The van der Waals surface area contributed by atoms with Crippen LogP contribution < -0.4 is 0 Å². The van der Waals surface area contributed by atoms with Gasteiger partial charge in [-0.15, -0.1) is 0 Å². The number of aromatic nitrogens is 3. The fourth-order valence-electron chi connectivity index (χ4n) is 3.11. The summed E-state index contributed by atoms with van der Waals surface area (Å²) in [5.74, 6) is 0.604. The molecule has 0 saturated carbocycles. The number of benzene rings is 1. The van der Waals surface area contributed by atoms with Gasteiger partial charge in [-0.2, -0.15) is 5.10 Å². The van der Waals surface area contributed by atoms with Crippen LogP contribution in [0.5, 0.6) is 0 Å². The van der Waals surface area contributed by atoms with Gasteiger partial charge in [0.15, 0.2) is 5.82 Å². The van der Waals surface area contributed by atoms with Crippen molar-refractivity contribution in [2.24, 2.45) is 0 Å². The van der Waals surface area contributed by atoms with Crippen LogP contribution in [0.2, 0.25) is 0 Å². The van der Waals surface area contributed by atoms with Gasteiger partial charge in [0.1, 0.15) is 12.4 Å². The fourth-order valence-corrected chi connectivity index (χ4v) is 3.11. The largest absolute Gasteiger partial charge is 0.342 e. The zero-order chi connectivity index (χ0) is 17.8. The Kier molecular flexibility index (Phi) is 5.11. The van der Waals surface area contributed by atoms with Crippen LogP contribution in [0.1, 0.15) is 36.5 Å². The first-order valence-corrected chi connectivity index (χ1v) is 8.63. The highest BCUT2D eigenvalue weighted by molar-refractivity contribution is 5.98. The summed E-state index contributed by atoms with van der Waals surface area (Å²) in [7, 11) is 1.80. The van der Waals surface area contributed by atoms with Crippen molar-refractivity contribution in [2.45, 2.75) is 32.2 Å². The maximum absolute atomic E-state index is 12.9. The lowest BCUT2D eigenvalue weighted by atomic mass is 10.0. The molecule has 1 atom stereocenters. The van der Waals surface area contributed by atoms with E-state index in [1.165, 1.54) is 6.33 Å². The van der Waals surface area contributed by atoms with E-state index in [1.807, 2.05) is 12.1 Å². The summed E-state index contributed by atoms with van der Waals surface area (Å²) in [5.41, 5.74) is 1.45. The molecule has 0 spiro atoms. The molecule has 1 aromatic carbocycles. The van der Waals surface area contributed by atoms with E-state index in [1.54, 1.807) is 29.0 Å². The topological polar surface area (TPSA) is 82.2 Å². The molecule has 0 radical (unpaired) electrons. The number of carbonyl (C=O) groups excluding carboxylic acids is 2. The van der Waals surface area contributed by atoms with Gasteiger partial charge in [-0.05, 0) is 18.6 Å². The summed E-state index contributed by atoms with van der Waals surface area (Å²) in [4.78, 5) is 33.0. The molecule has 1 aliphatic heterocycles. The van der Waals surface area contributed by atoms with E-state index in [-0.39, 0.29) is 17.9 Å². The molecule has 2 heterocycles. The van der Waals surface area contributed by atoms with E-state index in [9.17, 15) is 9.59 Å². The smallest absolute Gasteiger partial charge is 0.254 e. The lowest BCUT2D eigenvalue weighted by Crippen LogP contribution is -2.57. The number of carbonyl (C=O) groups is 2. The summed E-state index contributed by atoms with van der Waals surface area (Å²) in [5, 5.41) is 6.63. The number of hydrogen-bond acceptors (Lipinski definition) is 4. The van der Waals surface area contributed by atoms with Crippen LogP contribution in [-0.4, -0.2) is 63.0 Å². The van der Waals surface area contributed by atoms with Crippen LogP contribution in [0.3, 0.4) is 0 Å². The number of likely N-dealkylation sites (N-methyl/N-ethyl adjacent to an activating group) is 1. The Bertz CT molecular complexity index is 726. The molecule has 7 heteroatoms. The summed E-state index contributed by atoms with van der Waals surface area (Å²) in [6.45, 7) is 3.23. The first-order chi connectivity index (χ1) is 12.1. The van der Waals surface area contributed by atoms with Crippen LogP contribution in [0.4, 0.5) is 0 Å². The van der Waals surface area contributed by atoms with Gasteiger partial charge in [-0.1, -0.05) is 31.9 Å². The fraction of sp³-hybridized carbons (Fsp3) is 0.444. The lowest BCUT2D eigenvalue weighted by Gasteiger charge is -2.39. The Morgan fingerprint density at radius 2 is 2.04 bits per heavy atom. The summed E-state index contributed by atoms with van der Waals surface area (Å²) < 4.78 is 0. The lowest BCUT2D eigenvalue weighted by molar-refractivity contribution is -0.138. The van der Waals surface area contributed by atoms with Crippen molar-refractivity contribution in [1.82, 2.24) is 25.0 Å². The first kappa shape index (κ1) is 17.1. The second-order valence-electron chi connectivity index (χ2n) is 6.33. The Balaban J connectivity index is 1.79. The standard InChI is InChI=1S/C18H23N5O2/c1-3-4-5-15-18(25)22(2)10-11-23(15)17(24)14-8-6-13(7-9-14)16-19-12-20-21-16/h6-9,12,15H,3-5,10-11H2,1-2H3,(H,19,20,21)/t15-/m1/s1. The first-order valence-electron chi connectivity index (χ1n) is 8.63. The number of amides is 2. The normalized spacial score (nSPS) is 17.8. The van der Waals surface area contributed by atoms with Crippen molar-refractivity contribution in [2.75, 3.05) is 20.1 Å². The number of piperazine rings is 1. The van der Waals surface area contributed by atoms with Crippen molar-refractivity contribution < 1.29 is 9.59 Å². The number of unbranched alkanes of at least 4 members (excludes halogenated alkanes) is 1. The van der Waals surface area contributed by atoms with E-state index in [0.717, 1.165) is 18.4 Å². The highest BCUT2D eigenvalue weighted by atomic mass is 16.2. The molecule has 7 nitrogen and oxygen atoms in total. The Morgan fingerprint density at radius 3 is 2.68 bits per heavy atom. The molecule has 132 valence electrons. The van der Waals surface area contributed by atoms with Crippen molar-refractivity contribution in [3.8, 4) is 11.4 Å². The monoisotopic (exact) mass is 341 g/mol. The molecule has 0 unspecified atom stereocenters. The third-order valence-electron chi connectivity index (χ3n) is 4.63. The van der Waals surface area contributed by atoms with Crippen LogP contribution >= 0.6 is 0 Å². The molecule has 25 heavy (non-hydrogen) atoms. The molecule has 1 aliphatic rings. The molecule has 1 saturated heterocycles. The van der Waals surface area contributed by atoms with Crippen molar-refractivity contribution in [3.63, 3.8) is 0 Å². The van der Waals surface area contributed by atoms with Crippen LogP contribution in [0.25, 0.3) is 11.4 Å². The van der Waals surface area contributed by atoms with Crippen LogP contribution in [0.15, 0.2) is 30.6 Å². The van der Waals surface area contributed by atoms with Gasteiger partial charge in [0.2, 0.25) is 5.91 Å². The van der Waals surface area contributed by atoms with E-state index in [4.69, 9.17) is 0 Å². The summed E-state index contributed by atoms with van der Waals surface area (Å²) >= 11 is 0. The predicted octanol–water partition coefficient (Wildman–Crippen LogP) is 1.94. The van der Waals surface area contributed by atoms with E-state index < -0.39 is 0 Å². The molecular weight excluding hydrogens is 318 g/mol. The molecule has 2 aromatic rings. The minimum atomic E-state index is -0.361. The molecule has 0 aliphatic carbocycles. The molecule has 1 fully saturated rings. The van der Waals surface area contributed by atoms with Gasteiger partial charge in [0.25, 0.3) is 5.91 Å². The van der Waals surface area contributed by atoms with Gasteiger partial charge in [0, 0.05) is 31.3 Å². The second-order valence-corrected chi connectivity index (χ2v) is 6.33. The van der Waals surface area contributed by atoms with Gasteiger partial charge in [0.05, 0.1) is 0 Å². The molecule has 3 rings (SSSR count). The summed E-state index contributed by atoms with van der Waals surface area (Å²) in [6.07, 6.45) is 4.09. The molecule has 0 bridgehead atoms. The summed E-state index contributed by atoms with van der Waals surface area (Å²) in [6, 6.07) is 6.87. The minimum Gasteiger partial charge on any atom is -0.342 e. The van der Waals surface area contributed by atoms with Gasteiger partial charge < -0.3 is 9.80 Å². The van der Waals surface area contributed by atoms with Gasteiger partial charge in [-0.3, -0.25) is 14.7 Å². The number of nitrogens with one attached hydrogen (secondary N) is 1. The SMILES string of the molecule is CCCC[C@@H]1C(=O)N(C)CCN1C(=O)c1ccc(-c2ncn[nH]2)cc1. The maximum atomic E-state index is 12.9. The highest BCUT2D eigenvalue weighted by Crippen LogP contribution is 2.21. The molecular formula is C18H23N5O2. The van der Waals surface area contributed by atoms with E-state index in [0.29, 0.717) is 30.9 Å². The zero-order valence-electron chi connectivity index (χ0n) is 14.6. The second kappa shape index (κ2) is 7.46. The molecule has 2 amide bonds.